The Morgan fingerprint density at radius 1 is 1.19 bits per heavy atom. The van der Waals surface area contributed by atoms with E-state index in [0.717, 1.165) is 16.8 Å². The maximum absolute atomic E-state index is 6.02. The first-order valence-electron chi connectivity index (χ1n) is 8.38. The summed E-state index contributed by atoms with van der Waals surface area (Å²) in [6, 6.07) is 12.4. The van der Waals surface area contributed by atoms with E-state index in [-0.39, 0.29) is 6.10 Å². The van der Waals surface area contributed by atoms with Crippen LogP contribution in [0.25, 0.3) is 23.0 Å². The molecule has 0 spiro atoms. The zero-order chi connectivity index (χ0) is 17.5. The van der Waals surface area contributed by atoms with Crippen LogP contribution in [-0.4, -0.2) is 19.9 Å². The quantitative estimate of drug-likeness (QED) is 0.544. The van der Waals surface area contributed by atoms with E-state index < -0.39 is 0 Å². The van der Waals surface area contributed by atoms with Gasteiger partial charge in [0.1, 0.15) is 6.10 Å². The van der Waals surface area contributed by atoms with Crippen LogP contribution in [0.2, 0.25) is 0 Å². The topological polar surface area (TPSA) is 66.0 Å². The molecule has 0 radical (unpaired) electrons. The van der Waals surface area contributed by atoms with Gasteiger partial charge in [0, 0.05) is 10.9 Å². The molecule has 130 valence electrons. The summed E-state index contributed by atoms with van der Waals surface area (Å²) in [6.45, 7) is 3.26. The first kappa shape index (κ1) is 15.5. The predicted octanol–water partition coefficient (Wildman–Crippen LogP) is 4.24. The maximum atomic E-state index is 6.02. The van der Waals surface area contributed by atoms with Crippen LogP contribution in [-0.2, 0) is 17.9 Å². The minimum absolute atomic E-state index is 0.0000902. The van der Waals surface area contributed by atoms with Gasteiger partial charge in [-0.15, -0.1) is 0 Å². The molecule has 1 aliphatic heterocycles. The molecule has 0 aliphatic carbocycles. The third-order valence-electron chi connectivity index (χ3n) is 4.51. The zero-order valence-corrected chi connectivity index (χ0v) is 14.9. The van der Waals surface area contributed by atoms with Gasteiger partial charge in [0.25, 0.3) is 5.89 Å². The summed E-state index contributed by atoms with van der Waals surface area (Å²) in [4.78, 5) is 4.47. The van der Waals surface area contributed by atoms with E-state index >= 15 is 0 Å². The lowest BCUT2D eigenvalue weighted by molar-refractivity contribution is -0.00113. The van der Waals surface area contributed by atoms with Crippen molar-refractivity contribution >= 4 is 11.3 Å². The number of ether oxygens (including phenoxy) is 1. The normalized spacial score (nSPS) is 16.6. The van der Waals surface area contributed by atoms with Gasteiger partial charge in [-0.05, 0) is 30.0 Å². The molecule has 0 N–H and O–H groups in total. The summed E-state index contributed by atoms with van der Waals surface area (Å²) in [5, 5.41) is 12.7. The second kappa shape index (κ2) is 6.19. The SMILES string of the molecule is Cc1ccc(C2Cn3nc(-c4nc(-c5ccsc5)no4)cc3CO2)cc1. The molecular weight excluding hydrogens is 348 g/mol. The van der Waals surface area contributed by atoms with Gasteiger partial charge in [-0.3, -0.25) is 4.68 Å². The molecule has 6 nitrogen and oxygen atoms in total. The summed E-state index contributed by atoms with van der Waals surface area (Å²) in [6.07, 6.45) is -0.0000902. The molecule has 0 saturated heterocycles. The van der Waals surface area contributed by atoms with Crippen LogP contribution in [0.5, 0.6) is 0 Å². The van der Waals surface area contributed by atoms with E-state index in [4.69, 9.17) is 9.26 Å². The van der Waals surface area contributed by atoms with Crippen LogP contribution in [0.1, 0.15) is 22.9 Å². The molecule has 0 amide bonds. The number of thiophene rings is 1. The second-order valence-corrected chi connectivity index (χ2v) is 7.13. The van der Waals surface area contributed by atoms with Crippen molar-refractivity contribution in [2.75, 3.05) is 0 Å². The molecule has 0 saturated carbocycles. The smallest absolute Gasteiger partial charge is 0.278 e. The van der Waals surface area contributed by atoms with Crippen molar-refractivity contribution in [2.45, 2.75) is 26.2 Å². The van der Waals surface area contributed by atoms with Crippen molar-refractivity contribution in [1.82, 2.24) is 19.9 Å². The summed E-state index contributed by atoms with van der Waals surface area (Å²) >= 11 is 1.60. The van der Waals surface area contributed by atoms with E-state index in [1.54, 1.807) is 11.3 Å². The van der Waals surface area contributed by atoms with Crippen molar-refractivity contribution in [2.24, 2.45) is 0 Å². The lowest BCUT2D eigenvalue weighted by atomic mass is 10.1. The van der Waals surface area contributed by atoms with Gasteiger partial charge in [-0.2, -0.15) is 21.4 Å². The average molecular weight is 364 g/mol. The third-order valence-corrected chi connectivity index (χ3v) is 5.19. The Hall–Kier alpha value is -2.77. The molecule has 1 aliphatic rings. The molecule has 3 aromatic heterocycles. The Balaban J connectivity index is 1.40. The van der Waals surface area contributed by atoms with E-state index in [9.17, 15) is 0 Å². The fraction of sp³-hybridized carbons (Fsp3) is 0.211. The standard InChI is InChI=1S/C19H16N4O2S/c1-12-2-4-13(5-3-12)17-9-23-15(10-24-17)8-16(21-23)19-20-18(22-25-19)14-6-7-26-11-14/h2-8,11,17H,9-10H2,1H3. The molecule has 0 fully saturated rings. The number of aryl methyl sites for hydroxylation is 1. The first-order chi connectivity index (χ1) is 12.8. The largest absolute Gasteiger partial charge is 0.365 e. The molecule has 26 heavy (non-hydrogen) atoms. The molecule has 4 aromatic rings. The van der Waals surface area contributed by atoms with Crippen molar-refractivity contribution < 1.29 is 9.26 Å². The van der Waals surface area contributed by atoms with Crippen molar-refractivity contribution in [3.05, 3.63) is 64.0 Å². The Bertz CT molecular complexity index is 1030. The molecule has 4 heterocycles. The fourth-order valence-electron chi connectivity index (χ4n) is 3.05. The summed E-state index contributed by atoms with van der Waals surface area (Å²) in [5.74, 6) is 1.01. The number of aromatic nitrogens is 4. The summed E-state index contributed by atoms with van der Waals surface area (Å²) in [5.41, 5.74) is 5.05. The highest BCUT2D eigenvalue weighted by atomic mass is 32.1. The minimum Gasteiger partial charge on any atom is -0.365 e. The van der Waals surface area contributed by atoms with Crippen molar-refractivity contribution in [3.63, 3.8) is 0 Å². The fourth-order valence-corrected chi connectivity index (χ4v) is 3.68. The Labute approximate surface area is 154 Å². The van der Waals surface area contributed by atoms with Crippen LogP contribution in [0.3, 0.4) is 0 Å². The molecule has 1 atom stereocenters. The van der Waals surface area contributed by atoms with Gasteiger partial charge in [-0.25, -0.2) is 0 Å². The number of hydrogen-bond acceptors (Lipinski definition) is 6. The lowest BCUT2D eigenvalue weighted by Gasteiger charge is -2.24. The molecule has 0 bridgehead atoms. The van der Waals surface area contributed by atoms with Gasteiger partial charge >= 0.3 is 0 Å². The second-order valence-electron chi connectivity index (χ2n) is 6.35. The van der Waals surface area contributed by atoms with Gasteiger partial charge in [0.15, 0.2) is 5.69 Å². The monoisotopic (exact) mass is 364 g/mol. The molecular formula is C19H16N4O2S. The van der Waals surface area contributed by atoms with E-state index in [0.29, 0.717) is 30.6 Å². The summed E-state index contributed by atoms with van der Waals surface area (Å²) < 4.78 is 13.4. The Morgan fingerprint density at radius 3 is 2.88 bits per heavy atom. The number of rotatable bonds is 3. The highest BCUT2D eigenvalue weighted by Gasteiger charge is 2.24. The number of benzene rings is 1. The van der Waals surface area contributed by atoms with E-state index in [2.05, 4.69) is 46.4 Å². The predicted molar refractivity (Wildman–Crippen MR) is 97.5 cm³/mol. The number of fused-ring (bicyclic) bond motifs is 1. The lowest BCUT2D eigenvalue weighted by Crippen LogP contribution is -2.21. The van der Waals surface area contributed by atoms with Crippen LogP contribution >= 0.6 is 11.3 Å². The highest BCUT2D eigenvalue weighted by Crippen LogP contribution is 2.29. The van der Waals surface area contributed by atoms with Gasteiger partial charge in [0.05, 0.1) is 18.8 Å². The Morgan fingerprint density at radius 2 is 2.08 bits per heavy atom. The van der Waals surface area contributed by atoms with Crippen LogP contribution in [0.15, 0.2) is 51.7 Å². The highest BCUT2D eigenvalue weighted by molar-refractivity contribution is 7.08. The summed E-state index contributed by atoms with van der Waals surface area (Å²) in [7, 11) is 0. The minimum atomic E-state index is -0.0000902. The van der Waals surface area contributed by atoms with Gasteiger partial charge in [-0.1, -0.05) is 35.0 Å². The van der Waals surface area contributed by atoms with Gasteiger partial charge in [0.2, 0.25) is 5.82 Å². The van der Waals surface area contributed by atoms with Crippen LogP contribution < -0.4 is 0 Å². The first-order valence-corrected chi connectivity index (χ1v) is 9.32. The Kier molecular flexibility index (Phi) is 3.69. The molecule has 7 heteroatoms. The van der Waals surface area contributed by atoms with Gasteiger partial charge < -0.3 is 9.26 Å². The van der Waals surface area contributed by atoms with Crippen molar-refractivity contribution in [1.29, 1.82) is 0 Å². The maximum Gasteiger partial charge on any atom is 0.278 e. The van der Waals surface area contributed by atoms with Crippen LogP contribution in [0, 0.1) is 6.92 Å². The van der Waals surface area contributed by atoms with E-state index in [1.165, 1.54) is 5.56 Å². The average Bonchev–Trinajstić information content (AvgIpc) is 3.40. The zero-order valence-electron chi connectivity index (χ0n) is 14.1. The van der Waals surface area contributed by atoms with Crippen LogP contribution in [0.4, 0.5) is 0 Å². The third kappa shape index (κ3) is 2.75. The number of hydrogen-bond donors (Lipinski definition) is 0. The molecule has 1 aromatic carbocycles. The molecule has 5 rings (SSSR count). The number of nitrogens with zero attached hydrogens (tertiary/aromatic N) is 4. The molecule has 1 unspecified atom stereocenters. The van der Waals surface area contributed by atoms with Crippen molar-refractivity contribution in [3.8, 4) is 23.0 Å². The van der Waals surface area contributed by atoms with E-state index in [1.807, 2.05) is 27.6 Å².